The molecule has 0 saturated carbocycles. The molecule has 1 aliphatic rings. The van der Waals surface area contributed by atoms with Crippen LogP contribution in [0.1, 0.15) is 48.4 Å². The molecule has 180 valence electrons. The number of aliphatic hydroxyl groups is 1. The van der Waals surface area contributed by atoms with Crippen LogP contribution in [0, 0.1) is 23.3 Å². The predicted molar refractivity (Wildman–Crippen MR) is 124 cm³/mol. The molecule has 2 nitrogen and oxygen atoms in total. The first-order chi connectivity index (χ1) is 16.4. The van der Waals surface area contributed by atoms with Gasteiger partial charge in [-0.2, -0.15) is 0 Å². The van der Waals surface area contributed by atoms with Crippen LogP contribution in [0.5, 0.6) is 0 Å². The molecule has 0 aromatic heterocycles. The van der Waals surface area contributed by atoms with Crippen LogP contribution in [-0.2, 0) is 12.8 Å². The highest BCUT2D eigenvalue weighted by Crippen LogP contribution is 2.37. The van der Waals surface area contributed by atoms with Crippen molar-refractivity contribution in [1.29, 1.82) is 0 Å². The second kappa shape index (κ2) is 11.2. The molecule has 4 rings (SSSR count). The van der Waals surface area contributed by atoms with E-state index < -0.39 is 23.3 Å². The predicted octanol–water partition coefficient (Wildman–Crippen LogP) is 6.38. The fourth-order valence-electron chi connectivity index (χ4n) is 5.30. The molecule has 34 heavy (non-hydrogen) atoms. The maximum Gasteiger partial charge on any atom is 0.126 e. The van der Waals surface area contributed by atoms with Gasteiger partial charge in [0.15, 0.2) is 0 Å². The lowest BCUT2D eigenvalue weighted by Gasteiger charge is -2.37. The van der Waals surface area contributed by atoms with Gasteiger partial charge in [-0.05, 0) is 79.5 Å². The van der Waals surface area contributed by atoms with Gasteiger partial charge in [0.25, 0.3) is 0 Å². The first-order valence-electron chi connectivity index (χ1n) is 11.8. The van der Waals surface area contributed by atoms with E-state index >= 15 is 0 Å². The Morgan fingerprint density at radius 1 is 0.706 bits per heavy atom. The molecular formula is C28H29F4NO. The van der Waals surface area contributed by atoms with Crippen LogP contribution in [0.3, 0.4) is 0 Å². The molecule has 0 aliphatic carbocycles. The summed E-state index contributed by atoms with van der Waals surface area (Å²) in [5.41, 5.74) is 2.21. The van der Waals surface area contributed by atoms with Gasteiger partial charge < -0.3 is 5.11 Å². The lowest BCUT2D eigenvalue weighted by molar-refractivity contribution is 0.0706. The Kier molecular flexibility index (Phi) is 8.01. The summed E-state index contributed by atoms with van der Waals surface area (Å²) in [6.07, 6.45) is 4.18. The van der Waals surface area contributed by atoms with Crippen LogP contribution in [0.2, 0.25) is 0 Å². The second-order valence-electron chi connectivity index (χ2n) is 9.07. The van der Waals surface area contributed by atoms with Crippen molar-refractivity contribution in [2.24, 2.45) is 0 Å². The monoisotopic (exact) mass is 471 g/mol. The fourth-order valence-corrected chi connectivity index (χ4v) is 5.30. The average molecular weight is 472 g/mol. The third kappa shape index (κ3) is 6.05. The van der Waals surface area contributed by atoms with E-state index in [9.17, 15) is 22.7 Å². The largest absolute Gasteiger partial charge is 0.394 e. The molecule has 0 amide bonds. The number of hydrogen-bond acceptors (Lipinski definition) is 2. The van der Waals surface area contributed by atoms with Crippen LogP contribution in [0.25, 0.3) is 0 Å². The summed E-state index contributed by atoms with van der Waals surface area (Å²) < 4.78 is 54.6. The Morgan fingerprint density at radius 2 is 1.15 bits per heavy atom. The molecule has 0 spiro atoms. The van der Waals surface area contributed by atoms with Gasteiger partial charge in [0.1, 0.15) is 23.3 Å². The maximum absolute atomic E-state index is 13.7. The zero-order valence-electron chi connectivity index (χ0n) is 18.9. The standard InChI is InChI=1S/C28H29F4NO/c29-22-12-19(13-23(30)16-22)6-8-26-10-11-27(9-7-20-14-24(31)17-25(32)15-20)33(26)28(18-34)21-4-2-1-3-5-21/h1-5,12-17,26-28,34H,6-11,18H2/t26-,27+,28-/m0/s1. The topological polar surface area (TPSA) is 23.5 Å². The van der Waals surface area contributed by atoms with Crippen LogP contribution in [0.4, 0.5) is 17.6 Å². The SMILES string of the molecule is OC[C@@H](c1ccccc1)N1[C@H](CCc2cc(F)cc(F)c2)CC[C@@H]1CCc1cc(F)cc(F)c1. The van der Waals surface area contributed by atoms with E-state index in [0.29, 0.717) is 36.8 Å². The first kappa shape index (κ1) is 24.4. The number of aliphatic hydroxyl groups excluding tert-OH is 1. The van der Waals surface area contributed by atoms with E-state index in [1.165, 1.54) is 24.3 Å². The molecule has 1 saturated heterocycles. The Bertz CT molecular complexity index is 987. The first-order valence-corrected chi connectivity index (χ1v) is 11.8. The zero-order valence-corrected chi connectivity index (χ0v) is 18.9. The van der Waals surface area contributed by atoms with Gasteiger partial charge in [0.05, 0.1) is 12.6 Å². The van der Waals surface area contributed by atoms with Crippen molar-refractivity contribution in [3.05, 3.63) is 107 Å². The number of aryl methyl sites for hydroxylation is 2. The minimum Gasteiger partial charge on any atom is -0.394 e. The van der Waals surface area contributed by atoms with E-state index in [4.69, 9.17) is 0 Å². The van der Waals surface area contributed by atoms with Gasteiger partial charge >= 0.3 is 0 Å². The zero-order chi connectivity index (χ0) is 24.1. The highest BCUT2D eigenvalue weighted by Gasteiger charge is 2.38. The van der Waals surface area contributed by atoms with Gasteiger partial charge in [-0.3, -0.25) is 4.90 Å². The van der Waals surface area contributed by atoms with Gasteiger partial charge in [-0.25, -0.2) is 17.6 Å². The number of nitrogens with zero attached hydrogens (tertiary/aromatic N) is 1. The van der Waals surface area contributed by atoms with E-state index in [2.05, 4.69) is 4.90 Å². The summed E-state index contributed by atoms with van der Waals surface area (Å²) in [6, 6.07) is 16.9. The summed E-state index contributed by atoms with van der Waals surface area (Å²) in [4.78, 5) is 2.31. The number of likely N-dealkylation sites (tertiary alicyclic amines) is 1. The molecule has 1 heterocycles. The highest BCUT2D eigenvalue weighted by molar-refractivity contribution is 5.22. The van der Waals surface area contributed by atoms with Crippen molar-refractivity contribution < 1.29 is 22.7 Å². The number of rotatable bonds is 9. The molecule has 3 aromatic carbocycles. The van der Waals surface area contributed by atoms with Gasteiger partial charge in [-0.15, -0.1) is 0 Å². The van der Waals surface area contributed by atoms with Crippen LogP contribution >= 0.6 is 0 Å². The Hall–Kier alpha value is -2.70. The lowest BCUT2D eigenvalue weighted by Crippen LogP contribution is -2.41. The number of halogens is 4. The Labute approximate surface area is 197 Å². The normalized spacial score (nSPS) is 19.4. The highest BCUT2D eigenvalue weighted by atomic mass is 19.1. The molecule has 0 bridgehead atoms. The molecule has 0 unspecified atom stereocenters. The molecule has 0 radical (unpaired) electrons. The molecule has 6 heteroatoms. The van der Waals surface area contributed by atoms with Crippen LogP contribution in [-0.4, -0.2) is 28.7 Å². The van der Waals surface area contributed by atoms with E-state index in [0.717, 1.165) is 30.5 Å². The van der Waals surface area contributed by atoms with E-state index in [-0.39, 0.29) is 24.7 Å². The van der Waals surface area contributed by atoms with Crippen LogP contribution < -0.4 is 0 Å². The summed E-state index contributed by atoms with van der Waals surface area (Å²) in [5, 5.41) is 10.4. The van der Waals surface area contributed by atoms with Crippen molar-refractivity contribution >= 4 is 0 Å². The number of benzene rings is 3. The third-order valence-corrected chi connectivity index (χ3v) is 6.77. The smallest absolute Gasteiger partial charge is 0.126 e. The molecule has 1 aliphatic heterocycles. The quantitative estimate of drug-likeness (QED) is 0.366. The van der Waals surface area contributed by atoms with Crippen molar-refractivity contribution in [1.82, 2.24) is 4.90 Å². The molecule has 1 fully saturated rings. The molecule has 3 atom stereocenters. The lowest BCUT2D eigenvalue weighted by atomic mass is 9.99. The minimum atomic E-state index is -0.587. The summed E-state index contributed by atoms with van der Waals surface area (Å²) in [6.45, 7) is -0.0692. The van der Waals surface area contributed by atoms with E-state index in [1.54, 1.807) is 0 Å². The minimum absolute atomic E-state index is 0.0692. The van der Waals surface area contributed by atoms with Crippen molar-refractivity contribution in [2.45, 2.75) is 56.7 Å². The Balaban J connectivity index is 1.53. The average Bonchev–Trinajstić information content (AvgIpc) is 3.19. The van der Waals surface area contributed by atoms with Crippen molar-refractivity contribution in [3.63, 3.8) is 0 Å². The molecule has 1 N–H and O–H groups in total. The molecular weight excluding hydrogens is 442 g/mol. The summed E-state index contributed by atoms with van der Waals surface area (Å²) in [7, 11) is 0. The van der Waals surface area contributed by atoms with Crippen molar-refractivity contribution in [3.8, 4) is 0 Å². The number of hydrogen-bond donors (Lipinski definition) is 1. The maximum atomic E-state index is 13.7. The third-order valence-electron chi connectivity index (χ3n) is 6.77. The van der Waals surface area contributed by atoms with Crippen LogP contribution in [0.15, 0.2) is 66.7 Å². The second-order valence-corrected chi connectivity index (χ2v) is 9.07. The van der Waals surface area contributed by atoms with Gasteiger partial charge in [0.2, 0.25) is 0 Å². The molecule has 3 aromatic rings. The van der Waals surface area contributed by atoms with Gasteiger partial charge in [-0.1, -0.05) is 30.3 Å². The van der Waals surface area contributed by atoms with Gasteiger partial charge in [0, 0.05) is 24.2 Å². The fraction of sp³-hybridized carbons (Fsp3) is 0.357. The summed E-state index contributed by atoms with van der Waals surface area (Å²) >= 11 is 0. The van der Waals surface area contributed by atoms with E-state index in [1.807, 2.05) is 30.3 Å². The van der Waals surface area contributed by atoms with Crippen molar-refractivity contribution in [2.75, 3.05) is 6.61 Å². The summed E-state index contributed by atoms with van der Waals surface area (Å²) in [5.74, 6) is -2.35. The Morgan fingerprint density at radius 3 is 1.56 bits per heavy atom.